The van der Waals surface area contributed by atoms with Gasteiger partial charge in [0, 0.05) is 24.3 Å². The van der Waals surface area contributed by atoms with Crippen LogP contribution >= 0.6 is 0 Å². The Morgan fingerprint density at radius 2 is 1.73 bits per heavy atom. The van der Waals surface area contributed by atoms with Gasteiger partial charge in [-0.2, -0.15) is 13.2 Å². The van der Waals surface area contributed by atoms with Gasteiger partial charge in [-0.25, -0.2) is 8.78 Å². The first-order valence-electron chi connectivity index (χ1n) is 12.5. The Hall–Kier alpha value is -2.97. The van der Waals surface area contributed by atoms with Crippen LogP contribution < -0.4 is 10.6 Å². The largest absolute Gasteiger partial charge is 0.416 e. The molecule has 8 heteroatoms. The summed E-state index contributed by atoms with van der Waals surface area (Å²) in [5.74, 6) is -1.52. The number of halogens is 5. The van der Waals surface area contributed by atoms with Gasteiger partial charge in [0.1, 0.15) is 11.6 Å². The van der Waals surface area contributed by atoms with Gasteiger partial charge in [0.25, 0.3) is 0 Å². The van der Waals surface area contributed by atoms with E-state index < -0.39 is 35.5 Å². The van der Waals surface area contributed by atoms with Crippen molar-refractivity contribution in [3.05, 3.63) is 100 Å². The van der Waals surface area contributed by atoms with E-state index in [-0.39, 0.29) is 30.3 Å². The topological polar surface area (TPSA) is 44.3 Å². The number of fused-ring (bicyclic) bond motifs is 1. The van der Waals surface area contributed by atoms with E-state index >= 15 is 0 Å². The van der Waals surface area contributed by atoms with Gasteiger partial charge in [0.15, 0.2) is 0 Å². The van der Waals surface area contributed by atoms with Crippen LogP contribution in [0.25, 0.3) is 0 Å². The molecule has 3 N–H and O–H groups in total. The SMILES string of the molecule is CCc1ccc2c(c1)C(NCC(O)C(Cc1cc(F)cc(F)c1)Nc1cccc(C(F)(F)F)c1)CCC2. The Morgan fingerprint density at radius 1 is 0.973 bits per heavy atom. The maximum atomic E-state index is 13.8. The fourth-order valence-electron chi connectivity index (χ4n) is 4.95. The molecular weight excluding hydrogens is 487 g/mol. The quantitative estimate of drug-likeness (QED) is 0.280. The standard InChI is InChI=1S/C29H31F5N2O/c1-2-18-9-10-20-5-3-8-26(25(20)13-18)35-17-28(37)27(14-19-11-22(30)16-23(31)12-19)36-24-7-4-6-21(15-24)29(32,33)34/h4,6-7,9-13,15-16,26-28,35-37H,2-3,5,8,14,17H2,1H3. The number of nitrogens with one attached hydrogen (secondary N) is 2. The fourth-order valence-corrected chi connectivity index (χ4v) is 4.95. The van der Waals surface area contributed by atoms with Crippen LogP contribution in [-0.4, -0.2) is 23.8 Å². The molecule has 0 aromatic heterocycles. The number of aliphatic hydroxyl groups is 1. The summed E-state index contributed by atoms with van der Waals surface area (Å²) in [6.45, 7) is 2.24. The number of aryl methyl sites for hydroxylation is 2. The number of alkyl halides is 3. The molecule has 0 heterocycles. The maximum absolute atomic E-state index is 13.8. The average molecular weight is 519 g/mol. The zero-order valence-electron chi connectivity index (χ0n) is 20.6. The predicted octanol–water partition coefficient (Wildman–Crippen LogP) is 6.60. The summed E-state index contributed by atoms with van der Waals surface area (Å²) < 4.78 is 67.3. The van der Waals surface area contributed by atoms with Crippen molar-refractivity contribution < 1.29 is 27.1 Å². The summed E-state index contributed by atoms with van der Waals surface area (Å²) in [6.07, 6.45) is -1.77. The molecule has 0 amide bonds. The predicted molar refractivity (Wildman–Crippen MR) is 134 cm³/mol. The van der Waals surface area contributed by atoms with E-state index in [1.807, 2.05) is 0 Å². The van der Waals surface area contributed by atoms with Crippen molar-refractivity contribution in [3.8, 4) is 0 Å². The molecule has 1 aliphatic rings. The molecule has 0 aliphatic heterocycles. The van der Waals surface area contributed by atoms with Crippen LogP contribution in [0.3, 0.4) is 0 Å². The second kappa shape index (κ2) is 11.6. The van der Waals surface area contributed by atoms with Gasteiger partial charge in [0.2, 0.25) is 0 Å². The Bertz CT molecular complexity index is 1190. The van der Waals surface area contributed by atoms with Crippen LogP contribution in [0.2, 0.25) is 0 Å². The van der Waals surface area contributed by atoms with Crippen LogP contribution in [-0.2, 0) is 25.4 Å². The summed E-state index contributed by atoms with van der Waals surface area (Å²) in [6, 6.07) is 13.4. The number of rotatable bonds is 9. The van der Waals surface area contributed by atoms with E-state index in [0.717, 1.165) is 56.0 Å². The van der Waals surface area contributed by atoms with Crippen LogP contribution in [0.4, 0.5) is 27.6 Å². The van der Waals surface area contributed by atoms with Gasteiger partial charge in [-0.3, -0.25) is 0 Å². The Morgan fingerprint density at radius 3 is 2.43 bits per heavy atom. The molecule has 0 fully saturated rings. The highest BCUT2D eigenvalue weighted by Crippen LogP contribution is 2.32. The third-order valence-corrected chi connectivity index (χ3v) is 6.89. The van der Waals surface area contributed by atoms with E-state index in [1.165, 1.54) is 28.8 Å². The molecule has 1 aliphatic carbocycles. The summed E-state index contributed by atoms with van der Waals surface area (Å²) >= 11 is 0. The lowest BCUT2D eigenvalue weighted by Crippen LogP contribution is -2.43. The zero-order chi connectivity index (χ0) is 26.6. The van der Waals surface area contributed by atoms with Gasteiger partial charge in [-0.15, -0.1) is 0 Å². The van der Waals surface area contributed by atoms with Crippen molar-refractivity contribution in [2.45, 2.75) is 63.4 Å². The minimum absolute atomic E-state index is 0.00894. The molecule has 0 bridgehead atoms. The average Bonchev–Trinajstić information content (AvgIpc) is 2.85. The second-order valence-corrected chi connectivity index (χ2v) is 9.62. The zero-order valence-corrected chi connectivity index (χ0v) is 20.6. The lowest BCUT2D eigenvalue weighted by molar-refractivity contribution is -0.137. The van der Waals surface area contributed by atoms with E-state index in [0.29, 0.717) is 0 Å². The number of anilines is 1. The molecule has 3 unspecified atom stereocenters. The van der Waals surface area contributed by atoms with Gasteiger partial charge < -0.3 is 15.7 Å². The number of hydrogen-bond acceptors (Lipinski definition) is 3. The highest BCUT2D eigenvalue weighted by molar-refractivity contribution is 5.48. The molecule has 0 spiro atoms. The van der Waals surface area contributed by atoms with E-state index in [4.69, 9.17) is 0 Å². The molecule has 3 aromatic carbocycles. The number of hydrogen-bond donors (Lipinski definition) is 3. The second-order valence-electron chi connectivity index (χ2n) is 9.62. The molecule has 198 valence electrons. The van der Waals surface area contributed by atoms with Crippen LogP contribution in [0, 0.1) is 11.6 Å². The molecular formula is C29H31F5N2O. The fraction of sp³-hybridized carbons (Fsp3) is 0.379. The third-order valence-electron chi connectivity index (χ3n) is 6.89. The maximum Gasteiger partial charge on any atom is 0.416 e. The van der Waals surface area contributed by atoms with Crippen molar-refractivity contribution >= 4 is 5.69 Å². The smallest absolute Gasteiger partial charge is 0.390 e. The highest BCUT2D eigenvalue weighted by atomic mass is 19.4. The minimum Gasteiger partial charge on any atom is -0.390 e. The number of benzene rings is 3. The van der Waals surface area contributed by atoms with Crippen molar-refractivity contribution in [3.63, 3.8) is 0 Å². The summed E-state index contributed by atoms with van der Waals surface area (Å²) in [4.78, 5) is 0. The molecule has 37 heavy (non-hydrogen) atoms. The molecule has 0 radical (unpaired) electrons. The van der Waals surface area contributed by atoms with Gasteiger partial charge in [-0.05, 0) is 84.7 Å². The van der Waals surface area contributed by atoms with E-state index in [1.54, 1.807) is 0 Å². The first-order valence-corrected chi connectivity index (χ1v) is 12.5. The Kier molecular flexibility index (Phi) is 8.49. The summed E-state index contributed by atoms with van der Waals surface area (Å²) in [7, 11) is 0. The van der Waals surface area contributed by atoms with Crippen molar-refractivity contribution in [1.29, 1.82) is 0 Å². The monoisotopic (exact) mass is 518 g/mol. The van der Waals surface area contributed by atoms with Crippen LogP contribution in [0.1, 0.15) is 53.6 Å². The normalized spacial score (nSPS) is 17.2. The number of aliphatic hydroxyl groups excluding tert-OH is 1. The summed E-state index contributed by atoms with van der Waals surface area (Å²) in [5.41, 5.74) is 3.32. The first kappa shape index (κ1) is 27.1. The molecule has 4 rings (SSSR count). The highest BCUT2D eigenvalue weighted by Gasteiger charge is 2.31. The molecule has 0 saturated carbocycles. The van der Waals surface area contributed by atoms with E-state index in [2.05, 4.69) is 35.8 Å². The van der Waals surface area contributed by atoms with Gasteiger partial charge in [-0.1, -0.05) is 31.2 Å². The molecule has 3 atom stereocenters. The van der Waals surface area contributed by atoms with Gasteiger partial charge in [0.05, 0.1) is 17.7 Å². The molecule has 0 saturated heterocycles. The summed E-state index contributed by atoms with van der Waals surface area (Å²) in [5, 5.41) is 17.5. The van der Waals surface area contributed by atoms with Gasteiger partial charge >= 0.3 is 6.18 Å². The Balaban J connectivity index is 1.54. The van der Waals surface area contributed by atoms with Crippen molar-refractivity contribution in [2.75, 3.05) is 11.9 Å². The molecule has 3 nitrogen and oxygen atoms in total. The third kappa shape index (κ3) is 7.08. The minimum atomic E-state index is -4.52. The molecule has 3 aromatic rings. The lowest BCUT2D eigenvalue weighted by atomic mass is 9.86. The lowest BCUT2D eigenvalue weighted by Gasteiger charge is -2.31. The Labute approximate surface area is 213 Å². The first-order chi connectivity index (χ1) is 17.6. The van der Waals surface area contributed by atoms with Crippen molar-refractivity contribution in [2.24, 2.45) is 0 Å². The van der Waals surface area contributed by atoms with Crippen LogP contribution in [0.5, 0.6) is 0 Å². The van der Waals surface area contributed by atoms with Crippen LogP contribution in [0.15, 0.2) is 60.7 Å². The van der Waals surface area contributed by atoms with E-state index in [9.17, 15) is 27.1 Å². The van der Waals surface area contributed by atoms with Crippen molar-refractivity contribution in [1.82, 2.24) is 5.32 Å².